The maximum Gasteiger partial charge on any atom is 0.200 e. The molecule has 0 heterocycles. The molecular formula is C21H28O4. The molecule has 136 valence electrons. The Kier molecular flexibility index (Phi) is 5.67. The van der Waals surface area contributed by atoms with Crippen molar-refractivity contribution in [3.05, 3.63) is 23.3 Å². The van der Waals surface area contributed by atoms with E-state index < -0.39 is 0 Å². The predicted octanol–water partition coefficient (Wildman–Crippen LogP) is 4.74. The minimum absolute atomic E-state index is 0.0118. The van der Waals surface area contributed by atoms with E-state index in [1.165, 1.54) is 46.3 Å². The Balaban J connectivity index is 1.86. The monoisotopic (exact) mass is 344 g/mol. The van der Waals surface area contributed by atoms with Crippen LogP contribution < -0.4 is 9.47 Å². The van der Waals surface area contributed by atoms with Gasteiger partial charge in [-0.2, -0.15) is 0 Å². The topological polar surface area (TPSA) is 55.8 Å². The second-order valence-corrected chi connectivity index (χ2v) is 7.20. The van der Waals surface area contributed by atoms with E-state index in [9.17, 15) is 9.90 Å². The van der Waals surface area contributed by atoms with Crippen LogP contribution in [0, 0.1) is 11.8 Å². The summed E-state index contributed by atoms with van der Waals surface area (Å²) in [5.41, 5.74) is 1.73. The lowest BCUT2D eigenvalue weighted by molar-refractivity contribution is -0.122. The maximum absolute atomic E-state index is 13.0. The van der Waals surface area contributed by atoms with Crippen molar-refractivity contribution in [1.29, 1.82) is 0 Å². The Morgan fingerprint density at radius 2 is 1.64 bits per heavy atom. The number of hydrogen-bond acceptors (Lipinski definition) is 4. The first-order valence-electron chi connectivity index (χ1n) is 9.33. The van der Waals surface area contributed by atoms with Gasteiger partial charge in [0, 0.05) is 5.92 Å². The van der Waals surface area contributed by atoms with E-state index in [4.69, 9.17) is 9.47 Å². The molecule has 4 nitrogen and oxygen atoms in total. The average Bonchev–Trinajstić information content (AvgIpc) is 2.65. The van der Waals surface area contributed by atoms with Gasteiger partial charge in [0.2, 0.25) is 5.75 Å². The van der Waals surface area contributed by atoms with Crippen molar-refractivity contribution >= 4 is 11.9 Å². The lowest BCUT2D eigenvalue weighted by Crippen LogP contribution is -2.30. The van der Waals surface area contributed by atoms with Crippen LogP contribution in [0.15, 0.2) is 17.7 Å². The molecule has 0 unspecified atom stereocenters. The molecule has 1 atom stereocenters. The van der Waals surface area contributed by atoms with Crippen molar-refractivity contribution in [1.82, 2.24) is 0 Å². The molecule has 0 aliphatic heterocycles. The quantitative estimate of drug-likeness (QED) is 0.801. The number of carbonyl (C=O) groups excluding carboxylic acids is 1. The van der Waals surface area contributed by atoms with Crippen molar-refractivity contribution in [3.8, 4) is 17.2 Å². The van der Waals surface area contributed by atoms with Gasteiger partial charge in [-0.1, -0.05) is 19.3 Å². The van der Waals surface area contributed by atoms with Crippen molar-refractivity contribution in [2.24, 2.45) is 11.8 Å². The number of Topliss-reactive ketones (excluding diaryl/α,β-unsaturated/α-hetero) is 1. The normalized spacial score (nSPS) is 23.7. The SMILES string of the molecule is COc1cc(/C=C2\CCC[C@@H](C3CCCCC3)C2=O)cc(OC)c1O. The Bertz CT molecular complexity index is 631. The summed E-state index contributed by atoms with van der Waals surface area (Å²) in [6.07, 6.45) is 11.1. The van der Waals surface area contributed by atoms with Crippen LogP contribution in [0.5, 0.6) is 17.2 Å². The number of ketones is 1. The molecule has 0 bridgehead atoms. The molecule has 1 aromatic carbocycles. The molecule has 2 aliphatic carbocycles. The molecule has 0 saturated heterocycles. The first kappa shape index (κ1) is 17.8. The number of methoxy groups -OCH3 is 2. The van der Waals surface area contributed by atoms with E-state index in [2.05, 4.69) is 0 Å². The van der Waals surface area contributed by atoms with Gasteiger partial charge in [-0.3, -0.25) is 4.79 Å². The van der Waals surface area contributed by atoms with Crippen molar-refractivity contribution in [2.45, 2.75) is 51.4 Å². The lowest BCUT2D eigenvalue weighted by Gasteiger charge is -2.32. The van der Waals surface area contributed by atoms with Gasteiger partial charge in [-0.15, -0.1) is 0 Å². The molecule has 2 aliphatic rings. The third-order valence-corrected chi connectivity index (χ3v) is 5.68. The van der Waals surface area contributed by atoms with E-state index in [-0.39, 0.29) is 11.7 Å². The Labute approximate surface area is 149 Å². The molecule has 0 radical (unpaired) electrons. The third kappa shape index (κ3) is 3.83. The number of benzene rings is 1. The Morgan fingerprint density at radius 1 is 1.00 bits per heavy atom. The maximum atomic E-state index is 13.0. The molecule has 25 heavy (non-hydrogen) atoms. The molecule has 3 rings (SSSR count). The number of allylic oxidation sites excluding steroid dienone is 1. The molecule has 0 aromatic heterocycles. The second kappa shape index (κ2) is 7.94. The van der Waals surface area contributed by atoms with Gasteiger partial charge in [0.05, 0.1) is 14.2 Å². The number of hydrogen-bond donors (Lipinski definition) is 1. The lowest BCUT2D eigenvalue weighted by atomic mass is 9.71. The van der Waals surface area contributed by atoms with Gasteiger partial charge >= 0.3 is 0 Å². The van der Waals surface area contributed by atoms with E-state index >= 15 is 0 Å². The fraction of sp³-hybridized carbons (Fsp3) is 0.571. The number of aromatic hydroxyl groups is 1. The summed E-state index contributed by atoms with van der Waals surface area (Å²) < 4.78 is 10.4. The summed E-state index contributed by atoms with van der Waals surface area (Å²) in [6, 6.07) is 3.50. The largest absolute Gasteiger partial charge is 0.502 e. The van der Waals surface area contributed by atoms with Gasteiger partial charge in [0.15, 0.2) is 17.3 Å². The van der Waals surface area contributed by atoms with Crippen LogP contribution in [0.3, 0.4) is 0 Å². The standard InChI is InChI=1S/C21H28O4/c1-24-18-12-14(13-19(25-2)21(18)23)11-16-9-6-10-17(20(16)22)15-7-4-3-5-8-15/h11-13,15,17,23H,3-10H2,1-2H3/b16-11+/t17-/m0/s1. The Morgan fingerprint density at radius 3 is 2.24 bits per heavy atom. The van der Waals surface area contributed by atoms with E-state index in [0.29, 0.717) is 23.2 Å². The van der Waals surface area contributed by atoms with Crippen LogP contribution in [0.25, 0.3) is 6.08 Å². The van der Waals surface area contributed by atoms with E-state index in [1.807, 2.05) is 6.08 Å². The van der Waals surface area contributed by atoms with Gasteiger partial charge < -0.3 is 14.6 Å². The number of phenolic OH excluding ortho intramolecular Hbond substituents is 1. The van der Waals surface area contributed by atoms with Crippen molar-refractivity contribution in [3.63, 3.8) is 0 Å². The minimum atomic E-state index is -0.0118. The highest BCUT2D eigenvalue weighted by Crippen LogP contribution is 2.40. The summed E-state index contributed by atoms with van der Waals surface area (Å²) >= 11 is 0. The van der Waals surface area contributed by atoms with Gasteiger partial charge in [-0.05, 0) is 67.4 Å². The zero-order valence-electron chi connectivity index (χ0n) is 15.2. The van der Waals surface area contributed by atoms with Crippen LogP contribution in [-0.2, 0) is 4.79 Å². The molecule has 0 amide bonds. The van der Waals surface area contributed by atoms with Crippen LogP contribution >= 0.6 is 0 Å². The van der Waals surface area contributed by atoms with Crippen LogP contribution in [0.4, 0.5) is 0 Å². The van der Waals surface area contributed by atoms with Gasteiger partial charge in [0.1, 0.15) is 0 Å². The molecular weight excluding hydrogens is 316 g/mol. The number of carbonyl (C=O) groups is 1. The third-order valence-electron chi connectivity index (χ3n) is 5.68. The first-order valence-corrected chi connectivity index (χ1v) is 9.33. The molecule has 2 fully saturated rings. The summed E-state index contributed by atoms with van der Waals surface area (Å²) in [6.45, 7) is 0. The van der Waals surface area contributed by atoms with Crippen LogP contribution in [-0.4, -0.2) is 25.1 Å². The van der Waals surface area contributed by atoms with Gasteiger partial charge in [-0.25, -0.2) is 0 Å². The number of phenols is 1. The summed E-state index contributed by atoms with van der Waals surface area (Å²) in [7, 11) is 3.02. The highest BCUT2D eigenvalue weighted by atomic mass is 16.5. The van der Waals surface area contributed by atoms with E-state index in [0.717, 1.165) is 30.4 Å². The average molecular weight is 344 g/mol. The minimum Gasteiger partial charge on any atom is -0.502 e. The molecule has 1 N–H and O–H groups in total. The Hall–Kier alpha value is -1.97. The number of rotatable bonds is 4. The fourth-order valence-electron chi connectivity index (χ4n) is 4.33. The predicted molar refractivity (Wildman–Crippen MR) is 98.1 cm³/mol. The van der Waals surface area contributed by atoms with E-state index in [1.54, 1.807) is 12.1 Å². The molecule has 1 aromatic rings. The highest BCUT2D eigenvalue weighted by Gasteiger charge is 2.33. The zero-order valence-corrected chi connectivity index (χ0v) is 15.2. The summed E-state index contributed by atoms with van der Waals surface area (Å²) in [5, 5.41) is 10.0. The number of ether oxygens (including phenoxy) is 2. The van der Waals surface area contributed by atoms with Crippen LogP contribution in [0.2, 0.25) is 0 Å². The second-order valence-electron chi connectivity index (χ2n) is 7.20. The fourth-order valence-corrected chi connectivity index (χ4v) is 4.33. The zero-order chi connectivity index (χ0) is 17.8. The van der Waals surface area contributed by atoms with Crippen molar-refractivity contribution in [2.75, 3.05) is 14.2 Å². The molecule has 2 saturated carbocycles. The first-order chi connectivity index (χ1) is 12.1. The van der Waals surface area contributed by atoms with Crippen molar-refractivity contribution < 1.29 is 19.4 Å². The smallest absolute Gasteiger partial charge is 0.200 e. The molecule has 0 spiro atoms. The molecule has 4 heteroatoms. The summed E-state index contributed by atoms with van der Waals surface area (Å²) in [5.74, 6) is 1.79. The summed E-state index contributed by atoms with van der Waals surface area (Å²) in [4.78, 5) is 13.0. The van der Waals surface area contributed by atoms with Crippen LogP contribution in [0.1, 0.15) is 56.9 Å². The highest BCUT2D eigenvalue weighted by molar-refractivity contribution is 6.02. The van der Waals surface area contributed by atoms with Gasteiger partial charge in [0.25, 0.3) is 0 Å².